The molecule has 0 aliphatic rings. The second-order valence-electron chi connectivity index (χ2n) is 17.9. The van der Waals surface area contributed by atoms with E-state index >= 15 is 0 Å². The first-order chi connectivity index (χ1) is 28.5. The molecule has 0 aliphatic carbocycles. The number of aliphatic hydroxyl groups is 1. The summed E-state index contributed by atoms with van der Waals surface area (Å²) in [6, 6.07) is 0. The average Bonchev–Trinajstić information content (AvgIpc) is 3.22. The molecule has 0 amide bonds. The van der Waals surface area contributed by atoms with E-state index in [1.54, 1.807) is 0 Å². The number of allylic oxidation sites excluding steroid dienone is 1. The number of aliphatic hydroxyl groups excluding tert-OH is 1. The van der Waals surface area contributed by atoms with E-state index in [-0.39, 0.29) is 18.5 Å². The number of esters is 2. The molecule has 6 nitrogen and oxygen atoms in total. The van der Waals surface area contributed by atoms with Crippen LogP contribution in [0.4, 0.5) is 0 Å². The summed E-state index contributed by atoms with van der Waals surface area (Å²) in [5.41, 5.74) is 0. The number of rotatable bonds is 48. The molecular weight excluding hydrogens is 719 g/mol. The molecule has 0 saturated carbocycles. The minimum Gasteiger partial charge on any atom is -0.465 e. The molecule has 344 valence electrons. The molecule has 0 aromatic heterocycles. The van der Waals surface area contributed by atoms with Gasteiger partial charge in [-0.05, 0) is 109 Å². The molecule has 6 heteroatoms. The maximum atomic E-state index is 12.6. The van der Waals surface area contributed by atoms with Gasteiger partial charge < -0.3 is 19.5 Å². The quantitative estimate of drug-likeness (QED) is 0.0374. The largest absolute Gasteiger partial charge is 0.465 e. The van der Waals surface area contributed by atoms with Crippen LogP contribution >= 0.6 is 0 Å². The Kier molecular flexibility index (Phi) is 45.5. The maximum absolute atomic E-state index is 12.6. The predicted octanol–water partition coefficient (Wildman–Crippen LogP) is 15.3. The Morgan fingerprint density at radius 3 is 1.19 bits per heavy atom. The fourth-order valence-electron chi connectivity index (χ4n) is 8.25. The molecule has 0 heterocycles. The summed E-state index contributed by atoms with van der Waals surface area (Å²) in [4.78, 5) is 27.7. The van der Waals surface area contributed by atoms with Gasteiger partial charge in [-0.15, -0.1) is 6.58 Å². The van der Waals surface area contributed by atoms with Gasteiger partial charge >= 0.3 is 11.9 Å². The van der Waals surface area contributed by atoms with E-state index in [0.29, 0.717) is 37.9 Å². The second kappa shape index (κ2) is 46.7. The lowest BCUT2D eigenvalue weighted by Crippen LogP contribution is -2.27. The first-order valence-electron chi connectivity index (χ1n) is 25.8. The van der Waals surface area contributed by atoms with Crippen molar-refractivity contribution in [1.82, 2.24) is 4.90 Å². The summed E-state index contributed by atoms with van der Waals surface area (Å²) in [7, 11) is 0. The van der Waals surface area contributed by atoms with E-state index in [0.717, 1.165) is 71.0 Å². The molecule has 0 rings (SSSR count). The number of carbonyl (C=O) groups excluding carboxylic acids is 2. The first-order valence-corrected chi connectivity index (χ1v) is 25.8. The van der Waals surface area contributed by atoms with Crippen molar-refractivity contribution in [2.45, 2.75) is 258 Å². The van der Waals surface area contributed by atoms with Crippen molar-refractivity contribution in [1.29, 1.82) is 0 Å². The minimum atomic E-state index is -0.00949. The highest BCUT2D eigenvalue weighted by Crippen LogP contribution is 2.22. The van der Waals surface area contributed by atoms with Gasteiger partial charge in [0.1, 0.15) is 0 Å². The van der Waals surface area contributed by atoms with Crippen LogP contribution in [0.15, 0.2) is 12.7 Å². The van der Waals surface area contributed by atoms with E-state index in [4.69, 9.17) is 9.47 Å². The molecule has 0 radical (unpaired) electrons. The molecule has 58 heavy (non-hydrogen) atoms. The Bertz CT molecular complexity index is 865. The third kappa shape index (κ3) is 41.3. The molecule has 2 unspecified atom stereocenters. The molecule has 2 atom stereocenters. The Morgan fingerprint density at radius 2 is 0.793 bits per heavy atom. The van der Waals surface area contributed by atoms with Crippen LogP contribution in [0.2, 0.25) is 0 Å². The van der Waals surface area contributed by atoms with Gasteiger partial charge in [0.15, 0.2) is 0 Å². The molecule has 0 aromatic rings. The Balaban J connectivity index is 4.22. The number of carbonyl (C=O) groups is 2. The molecule has 0 aliphatic heterocycles. The Morgan fingerprint density at radius 1 is 0.466 bits per heavy atom. The maximum Gasteiger partial charge on any atom is 0.305 e. The van der Waals surface area contributed by atoms with Crippen molar-refractivity contribution in [3.8, 4) is 0 Å². The summed E-state index contributed by atoms with van der Waals surface area (Å²) in [5, 5.41) is 9.32. The third-order valence-corrected chi connectivity index (χ3v) is 12.2. The topological polar surface area (TPSA) is 76.1 Å². The SMILES string of the molecule is C=CCCCCC(CCCCCCCC)COC(=O)CCCCCCCN(CCCCO)CCCCCCCC(=O)OCC(CCCCCC)CCCCCCCC. The summed E-state index contributed by atoms with van der Waals surface area (Å²) < 4.78 is 11.6. The Hall–Kier alpha value is -1.40. The van der Waals surface area contributed by atoms with Gasteiger partial charge in [-0.1, -0.05) is 175 Å². The van der Waals surface area contributed by atoms with E-state index < -0.39 is 0 Å². The van der Waals surface area contributed by atoms with Crippen LogP contribution in [-0.2, 0) is 19.1 Å². The monoisotopic (exact) mass is 820 g/mol. The van der Waals surface area contributed by atoms with Crippen molar-refractivity contribution >= 4 is 11.9 Å². The van der Waals surface area contributed by atoms with E-state index in [1.807, 2.05) is 6.08 Å². The predicted molar refractivity (Wildman–Crippen MR) is 250 cm³/mol. The summed E-state index contributed by atoms with van der Waals surface area (Å²) in [5.74, 6) is 1.03. The number of hydrogen-bond acceptors (Lipinski definition) is 6. The van der Waals surface area contributed by atoms with Crippen molar-refractivity contribution < 1.29 is 24.2 Å². The highest BCUT2D eigenvalue weighted by atomic mass is 16.5. The van der Waals surface area contributed by atoms with E-state index in [9.17, 15) is 14.7 Å². The van der Waals surface area contributed by atoms with E-state index in [2.05, 4.69) is 32.3 Å². The summed E-state index contributed by atoms with van der Waals surface area (Å²) in [6.45, 7) is 15.4. The molecule has 0 spiro atoms. The second-order valence-corrected chi connectivity index (χ2v) is 17.9. The molecular formula is C52H101NO5. The highest BCUT2D eigenvalue weighted by Gasteiger charge is 2.14. The van der Waals surface area contributed by atoms with Gasteiger partial charge in [-0.2, -0.15) is 0 Å². The average molecular weight is 820 g/mol. The van der Waals surface area contributed by atoms with Crippen LogP contribution in [-0.4, -0.2) is 61.4 Å². The lowest BCUT2D eigenvalue weighted by atomic mass is 9.95. The zero-order chi connectivity index (χ0) is 42.4. The molecule has 0 aromatic carbocycles. The van der Waals surface area contributed by atoms with Crippen LogP contribution in [0.25, 0.3) is 0 Å². The van der Waals surface area contributed by atoms with Crippen molar-refractivity contribution in [2.75, 3.05) is 39.5 Å². The fourth-order valence-corrected chi connectivity index (χ4v) is 8.25. The third-order valence-electron chi connectivity index (χ3n) is 12.2. The summed E-state index contributed by atoms with van der Waals surface area (Å²) >= 11 is 0. The first kappa shape index (κ1) is 56.6. The number of unbranched alkanes of at least 4 members (excludes halogenated alkanes) is 24. The highest BCUT2D eigenvalue weighted by molar-refractivity contribution is 5.69. The number of nitrogens with zero attached hydrogens (tertiary/aromatic N) is 1. The van der Waals surface area contributed by atoms with E-state index in [1.165, 1.54) is 173 Å². The van der Waals surface area contributed by atoms with Crippen LogP contribution in [0.3, 0.4) is 0 Å². The number of hydrogen-bond donors (Lipinski definition) is 1. The van der Waals surface area contributed by atoms with Crippen LogP contribution in [0.5, 0.6) is 0 Å². The molecule has 0 fully saturated rings. The normalized spacial score (nSPS) is 12.6. The van der Waals surface area contributed by atoms with Gasteiger partial charge in [-0.3, -0.25) is 9.59 Å². The van der Waals surface area contributed by atoms with Gasteiger partial charge in [0.2, 0.25) is 0 Å². The smallest absolute Gasteiger partial charge is 0.305 e. The molecule has 0 bridgehead atoms. The van der Waals surface area contributed by atoms with Crippen LogP contribution < -0.4 is 0 Å². The zero-order valence-electron chi connectivity index (χ0n) is 39.4. The lowest BCUT2D eigenvalue weighted by molar-refractivity contribution is -0.146. The van der Waals surface area contributed by atoms with Crippen molar-refractivity contribution in [3.63, 3.8) is 0 Å². The zero-order valence-corrected chi connectivity index (χ0v) is 39.4. The van der Waals surface area contributed by atoms with Crippen molar-refractivity contribution in [3.05, 3.63) is 12.7 Å². The van der Waals surface area contributed by atoms with Gasteiger partial charge in [0.25, 0.3) is 0 Å². The Labute approximate surface area is 362 Å². The van der Waals surface area contributed by atoms with Gasteiger partial charge in [-0.25, -0.2) is 0 Å². The van der Waals surface area contributed by atoms with Crippen molar-refractivity contribution in [2.24, 2.45) is 11.8 Å². The molecule has 1 N–H and O–H groups in total. The summed E-state index contributed by atoms with van der Waals surface area (Å²) in [6.07, 6.45) is 45.4. The lowest BCUT2D eigenvalue weighted by Gasteiger charge is -2.22. The standard InChI is InChI=1S/C52H101NO5/c1-5-9-13-17-21-29-39-49(37-27-15-11-7-3)47-57-51(55)41-31-23-19-25-33-43-53(45-35-36-46-54)44-34-26-20-24-32-42-52(56)58-48-50(38-28-16-12-8-4)40-30-22-18-14-10-6-2/h7,49-50,54H,3,5-6,8-48H2,1-2,4H3. The molecule has 0 saturated heterocycles. The van der Waals surface area contributed by atoms with Gasteiger partial charge in [0.05, 0.1) is 13.2 Å². The fraction of sp³-hybridized carbons (Fsp3) is 0.923. The number of ether oxygens (including phenoxy) is 2. The minimum absolute atomic E-state index is 0.00440. The van der Waals surface area contributed by atoms with Crippen LogP contribution in [0.1, 0.15) is 258 Å². The van der Waals surface area contributed by atoms with Gasteiger partial charge in [0, 0.05) is 19.4 Å². The van der Waals surface area contributed by atoms with Crippen LogP contribution in [0, 0.1) is 11.8 Å².